The fraction of sp³-hybridized carbons (Fsp3) is 0.267. The molecule has 0 aliphatic heterocycles. The average Bonchev–Trinajstić information content (AvgIpc) is 3.05. The minimum absolute atomic E-state index is 0.0471. The highest BCUT2D eigenvalue weighted by molar-refractivity contribution is 7.90. The number of aryl methyl sites for hydroxylation is 2. The van der Waals surface area contributed by atoms with Gasteiger partial charge in [-0.2, -0.15) is 0 Å². The van der Waals surface area contributed by atoms with Crippen LogP contribution in [0.2, 0.25) is 0 Å². The molecule has 1 heterocycles. The van der Waals surface area contributed by atoms with Gasteiger partial charge in [-0.1, -0.05) is 6.07 Å². The van der Waals surface area contributed by atoms with E-state index in [9.17, 15) is 13.2 Å². The number of hydrogen-bond acceptors (Lipinski definition) is 4. The fourth-order valence-corrected chi connectivity index (χ4v) is 3.87. The highest BCUT2D eigenvalue weighted by Crippen LogP contribution is 2.26. The van der Waals surface area contributed by atoms with Crippen molar-refractivity contribution in [1.82, 2.24) is 0 Å². The summed E-state index contributed by atoms with van der Waals surface area (Å²) in [7, 11) is -3.53. The van der Waals surface area contributed by atoms with Crippen molar-refractivity contribution >= 4 is 15.8 Å². The minimum atomic E-state index is -3.53. The summed E-state index contributed by atoms with van der Waals surface area (Å²) in [6, 6.07) is 6.44. The molecule has 0 unspecified atom stereocenters. The number of furan rings is 1. The summed E-state index contributed by atoms with van der Waals surface area (Å²) in [5.74, 6) is -1.34. The van der Waals surface area contributed by atoms with Gasteiger partial charge in [-0.3, -0.25) is 0 Å². The van der Waals surface area contributed by atoms with E-state index in [0.717, 1.165) is 31.1 Å². The van der Waals surface area contributed by atoms with E-state index >= 15 is 0 Å². The van der Waals surface area contributed by atoms with Crippen LogP contribution in [0.1, 0.15) is 33.7 Å². The van der Waals surface area contributed by atoms with Gasteiger partial charge >= 0.3 is 5.97 Å². The molecule has 0 saturated carbocycles. The van der Waals surface area contributed by atoms with Crippen molar-refractivity contribution in [3.63, 3.8) is 0 Å². The molecule has 0 spiro atoms. The predicted octanol–water partition coefficient (Wildman–Crippen LogP) is 2.44. The first kappa shape index (κ1) is 13.9. The van der Waals surface area contributed by atoms with Crippen molar-refractivity contribution in [3.05, 3.63) is 53.0 Å². The summed E-state index contributed by atoms with van der Waals surface area (Å²) in [6.45, 7) is 0. The monoisotopic (exact) mass is 306 g/mol. The third kappa shape index (κ3) is 2.71. The van der Waals surface area contributed by atoms with E-state index in [4.69, 9.17) is 9.52 Å². The Morgan fingerprint density at radius 2 is 1.95 bits per heavy atom. The van der Waals surface area contributed by atoms with Gasteiger partial charge in [0.2, 0.25) is 0 Å². The molecule has 110 valence electrons. The molecule has 21 heavy (non-hydrogen) atoms. The maximum absolute atomic E-state index is 12.4. The summed E-state index contributed by atoms with van der Waals surface area (Å²) in [6.07, 6.45) is 4.01. The van der Waals surface area contributed by atoms with E-state index in [1.54, 1.807) is 12.1 Å². The summed E-state index contributed by atoms with van der Waals surface area (Å²) in [5, 5.41) is 8.81. The summed E-state index contributed by atoms with van der Waals surface area (Å²) >= 11 is 0. The topological polar surface area (TPSA) is 84.6 Å². The Labute approximate surface area is 122 Å². The van der Waals surface area contributed by atoms with E-state index in [1.807, 2.05) is 6.07 Å². The van der Waals surface area contributed by atoms with Crippen LogP contribution in [0.3, 0.4) is 0 Å². The standard InChI is InChI=1S/C15H14O5S/c16-15(17)12-6-13(20-8-12)9-21(18,19)14-5-4-10-2-1-3-11(10)7-14/h4-8H,1-3,9H2,(H,16,17). The maximum atomic E-state index is 12.4. The van der Waals surface area contributed by atoms with E-state index in [2.05, 4.69) is 0 Å². The lowest BCUT2D eigenvalue weighted by Crippen LogP contribution is -2.05. The number of fused-ring (bicyclic) bond motifs is 1. The zero-order valence-corrected chi connectivity index (χ0v) is 12.0. The molecule has 0 saturated heterocycles. The zero-order chi connectivity index (χ0) is 15.0. The van der Waals surface area contributed by atoms with Crippen LogP contribution in [0.25, 0.3) is 0 Å². The summed E-state index contributed by atoms with van der Waals surface area (Å²) < 4.78 is 29.8. The van der Waals surface area contributed by atoms with Gasteiger partial charge in [0.15, 0.2) is 9.84 Å². The third-order valence-corrected chi connectivity index (χ3v) is 5.30. The van der Waals surface area contributed by atoms with Gasteiger partial charge in [-0.25, -0.2) is 13.2 Å². The molecule has 0 fully saturated rings. The lowest BCUT2D eigenvalue weighted by Gasteiger charge is -2.05. The lowest BCUT2D eigenvalue weighted by atomic mass is 10.1. The van der Waals surface area contributed by atoms with Crippen molar-refractivity contribution in [1.29, 1.82) is 0 Å². The summed E-state index contributed by atoms with van der Waals surface area (Å²) in [5.41, 5.74) is 2.25. The van der Waals surface area contributed by atoms with E-state index in [0.29, 0.717) is 0 Å². The van der Waals surface area contributed by atoms with Crippen molar-refractivity contribution in [2.75, 3.05) is 0 Å². The van der Waals surface area contributed by atoms with Crippen LogP contribution in [0.15, 0.2) is 39.8 Å². The highest BCUT2D eigenvalue weighted by atomic mass is 32.2. The fourth-order valence-electron chi connectivity index (χ4n) is 2.58. The molecule has 1 aromatic carbocycles. The molecule has 1 aliphatic rings. The number of rotatable bonds is 4. The van der Waals surface area contributed by atoms with Gasteiger partial charge in [-0.05, 0) is 48.6 Å². The van der Waals surface area contributed by atoms with Crippen molar-refractivity contribution in [2.24, 2.45) is 0 Å². The van der Waals surface area contributed by atoms with Gasteiger partial charge in [0.1, 0.15) is 17.8 Å². The molecular formula is C15H14O5S. The first-order valence-corrected chi connectivity index (χ1v) is 8.26. The number of carbonyl (C=O) groups is 1. The van der Waals surface area contributed by atoms with Crippen LogP contribution in [-0.4, -0.2) is 19.5 Å². The van der Waals surface area contributed by atoms with E-state index in [1.165, 1.54) is 11.6 Å². The second-order valence-electron chi connectivity index (χ2n) is 5.15. The first-order valence-electron chi connectivity index (χ1n) is 6.61. The Hall–Kier alpha value is -2.08. The number of sulfone groups is 1. The largest absolute Gasteiger partial charge is 0.478 e. The normalized spacial score (nSPS) is 14.1. The van der Waals surface area contributed by atoms with Gasteiger partial charge in [-0.15, -0.1) is 0 Å². The number of aromatic carboxylic acids is 1. The molecule has 6 heteroatoms. The van der Waals surface area contributed by atoms with Crippen LogP contribution >= 0.6 is 0 Å². The molecule has 3 rings (SSSR count). The van der Waals surface area contributed by atoms with Gasteiger partial charge in [0.05, 0.1) is 10.5 Å². The highest BCUT2D eigenvalue weighted by Gasteiger charge is 2.21. The molecule has 1 N–H and O–H groups in total. The van der Waals surface area contributed by atoms with Crippen molar-refractivity contribution < 1.29 is 22.7 Å². The SMILES string of the molecule is O=C(O)c1coc(CS(=O)(=O)c2ccc3c(c2)CCC3)c1. The van der Waals surface area contributed by atoms with Crippen molar-refractivity contribution in [3.8, 4) is 0 Å². The van der Waals surface area contributed by atoms with E-state index < -0.39 is 15.8 Å². The van der Waals surface area contributed by atoms with Gasteiger partial charge < -0.3 is 9.52 Å². The molecular weight excluding hydrogens is 292 g/mol. The van der Waals surface area contributed by atoms with E-state index in [-0.39, 0.29) is 22.0 Å². The Balaban J connectivity index is 1.88. The Kier molecular flexibility index (Phi) is 3.33. The zero-order valence-electron chi connectivity index (χ0n) is 11.2. The molecule has 1 aliphatic carbocycles. The summed E-state index contributed by atoms with van der Waals surface area (Å²) in [4.78, 5) is 11.0. The Bertz CT molecular complexity index is 801. The number of carboxylic acids is 1. The number of carboxylic acid groups (broad SMARTS) is 1. The molecule has 0 amide bonds. The second-order valence-corrected chi connectivity index (χ2v) is 7.14. The second kappa shape index (κ2) is 5.04. The number of benzene rings is 1. The third-order valence-electron chi connectivity index (χ3n) is 3.66. The lowest BCUT2D eigenvalue weighted by molar-refractivity contribution is 0.0696. The van der Waals surface area contributed by atoms with Crippen LogP contribution in [0.5, 0.6) is 0 Å². The first-order chi connectivity index (χ1) is 9.95. The minimum Gasteiger partial charge on any atom is -0.478 e. The van der Waals surface area contributed by atoms with Crippen LogP contribution in [-0.2, 0) is 28.4 Å². The quantitative estimate of drug-likeness (QED) is 0.937. The number of hydrogen-bond donors (Lipinski definition) is 1. The molecule has 0 radical (unpaired) electrons. The molecule has 0 bridgehead atoms. The van der Waals surface area contributed by atoms with Crippen LogP contribution in [0.4, 0.5) is 0 Å². The van der Waals surface area contributed by atoms with Crippen LogP contribution in [0, 0.1) is 0 Å². The maximum Gasteiger partial charge on any atom is 0.338 e. The van der Waals surface area contributed by atoms with Gasteiger partial charge in [0, 0.05) is 0 Å². The smallest absolute Gasteiger partial charge is 0.338 e. The average molecular weight is 306 g/mol. The predicted molar refractivity (Wildman–Crippen MR) is 75.0 cm³/mol. The Morgan fingerprint density at radius 1 is 1.19 bits per heavy atom. The van der Waals surface area contributed by atoms with Gasteiger partial charge in [0.25, 0.3) is 0 Å². The van der Waals surface area contributed by atoms with Crippen molar-refractivity contribution in [2.45, 2.75) is 29.9 Å². The molecule has 1 aromatic heterocycles. The van der Waals surface area contributed by atoms with Crippen LogP contribution < -0.4 is 0 Å². The molecule has 2 aromatic rings. The molecule has 5 nitrogen and oxygen atoms in total. The Morgan fingerprint density at radius 3 is 2.67 bits per heavy atom. The molecule has 0 atom stereocenters.